The van der Waals surface area contributed by atoms with E-state index in [0.717, 1.165) is 4.90 Å². The lowest BCUT2D eigenvalue weighted by Crippen LogP contribution is -2.33. The summed E-state index contributed by atoms with van der Waals surface area (Å²) in [5.41, 5.74) is 1.85. The average Bonchev–Trinajstić information content (AvgIpc) is 2.85. The second-order valence-electron chi connectivity index (χ2n) is 5.50. The number of carbonyl (C=O) groups excluding carboxylic acids is 2. The Morgan fingerprint density at radius 2 is 1.75 bits per heavy atom. The van der Waals surface area contributed by atoms with Gasteiger partial charge >= 0.3 is 0 Å². The quantitative estimate of drug-likeness (QED) is 0.627. The Kier molecular flexibility index (Phi) is 3.85. The molecule has 1 atom stereocenters. The van der Waals surface area contributed by atoms with Gasteiger partial charge in [-0.25, -0.2) is 4.39 Å². The number of aliphatic imine (C=N–C) groups is 1. The van der Waals surface area contributed by atoms with Crippen LogP contribution in [0.25, 0.3) is 6.08 Å². The molecule has 2 aromatic rings. The molecule has 0 radical (unpaired) electrons. The normalized spacial score (nSPS) is 14.5. The van der Waals surface area contributed by atoms with Crippen molar-refractivity contribution in [1.29, 1.82) is 0 Å². The molecule has 24 heavy (non-hydrogen) atoms. The van der Waals surface area contributed by atoms with Gasteiger partial charge in [0.1, 0.15) is 5.82 Å². The SMILES string of the molecule is C=Cc1cc(C(C)N2C(=O)c3ccccc3C2=O)c(F)cc1N=C. The lowest BCUT2D eigenvalue weighted by atomic mass is 10.0. The van der Waals surface area contributed by atoms with Gasteiger partial charge in [0.25, 0.3) is 11.8 Å². The molecule has 5 heteroatoms. The van der Waals surface area contributed by atoms with E-state index in [1.54, 1.807) is 37.3 Å². The van der Waals surface area contributed by atoms with Gasteiger partial charge in [-0.15, -0.1) is 0 Å². The van der Waals surface area contributed by atoms with E-state index < -0.39 is 23.7 Å². The molecular formula is C19H15FN2O2. The van der Waals surface area contributed by atoms with E-state index in [0.29, 0.717) is 22.4 Å². The number of imide groups is 1. The number of carbonyl (C=O) groups is 2. The number of benzene rings is 2. The van der Waals surface area contributed by atoms with Gasteiger partial charge in [0.15, 0.2) is 0 Å². The van der Waals surface area contributed by atoms with Crippen LogP contribution in [0.15, 0.2) is 48.0 Å². The molecule has 4 nitrogen and oxygen atoms in total. The molecule has 1 aliphatic rings. The second kappa shape index (κ2) is 5.85. The van der Waals surface area contributed by atoms with Crippen LogP contribution in [0, 0.1) is 5.82 Å². The zero-order chi connectivity index (χ0) is 17.4. The largest absolute Gasteiger partial charge is 0.269 e. The summed E-state index contributed by atoms with van der Waals surface area (Å²) in [7, 11) is 0. The fraction of sp³-hybridized carbons (Fsp3) is 0.105. The predicted molar refractivity (Wildman–Crippen MR) is 91.1 cm³/mol. The van der Waals surface area contributed by atoms with Crippen molar-refractivity contribution in [2.24, 2.45) is 4.99 Å². The molecule has 1 aliphatic heterocycles. The first kappa shape index (κ1) is 15.8. The maximum absolute atomic E-state index is 14.5. The van der Waals surface area contributed by atoms with Crippen LogP contribution in [0.4, 0.5) is 10.1 Å². The fourth-order valence-electron chi connectivity index (χ4n) is 2.92. The lowest BCUT2D eigenvalue weighted by molar-refractivity contribution is 0.0593. The van der Waals surface area contributed by atoms with Crippen molar-refractivity contribution in [1.82, 2.24) is 4.90 Å². The molecule has 0 bridgehead atoms. The minimum atomic E-state index is -0.755. The molecule has 0 N–H and O–H groups in total. The maximum atomic E-state index is 14.5. The van der Waals surface area contributed by atoms with E-state index in [2.05, 4.69) is 18.3 Å². The van der Waals surface area contributed by atoms with E-state index in [1.165, 1.54) is 12.1 Å². The van der Waals surface area contributed by atoms with E-state index in [9.17, 15) is 14.0 Å². The Hall–Kier alpha value is -3.08. The van der Waals surface area contributed by atoms with Crippen molar-refractivity contribution in [3.63, 3.8) is 0 Å². The molecule has 0 aliphatic carbocycles. The molecule has 1 heterocycles. The van der Waals surface area contributed by atoms with Gasteiger partial charge in [-0.2, -0.15) is 0 Å². The number of amides is 2. The highest BCUT2D eigenvalue weighted by molar-refractivity contribution is 6.21. The summed E-state index contributed by atoms with van der Waals surface area (Å²) >= 11 is 0. The zero-order valence-electron chi connectivity index (χ0n) is 13.1. The van der Waals surface area contributed by atoms with Crippen LogP contribution in [-0.4, -0.2) is 23.4 Å². The maximum Gasteiger partial charge on any atom is 0.262 e. The average molecular weight is 322 g/mol. The molecule has 2 aromatic carbocycles. The Labute approximate surface area is 138 Å². The van der Waals surface area contributed by atoms with Gasteiger partial charge in [-0.05, 0) is 31.8 Å². The first-order valence-electron chi connectivity index (χ1n) is 7.39. The second-order valence-corrected chi connectivity index (χ2v) is 5.50. The summed E-state index contributed by atoms with van der Waals surface area (Å²) in [5.74, 6) is -1.39. The van der Waals surface area contributed by atoms with Crippen molar-refractivity contribution in [3.05, 3.63) is 71.0 Å². The van der Waals surface area contributed by atoms with Gasteiger partial charge < -0.3 is 0 Å². The summed E-state index contributed by atoms with van der Waals surface area (Å²) in [6.45, 7) is 8.69. The number of fused-ring (bicyclic) bond motifs is 1. The number of halogens is 1. The van der Waals surface area contributed by atoms with Gasteiger partial charge in [0, 0.05) is 17.2 Å². The van der Waals surface area contributed by atoms with Crippen molar-refractivity contribution >= 4 is 30.3 Å². The molecule has 1 unspecified atom stereocenters. The van der Waals surface area contributed by atoms with Crippen LogP contribution in [-0.2, 0) is 0 Å². The third kappa shape index (κ3) is 2.25. The van der Waals surface area contributed by atoms with Crippen LogP contribution >= 0.6 is 0 Å². The Bertz CT molecular complexity index is 854. The van der Waals surface area contributed by atoms with Gasteiger partial charge in [0.05, 0.1) is 22.9 Å². The molecule has 0 spiro atoms. The van der Waals surface area contributed by atoms with Crippen LogP contribution in [0.5, 0.6) is 0 Å². The van der Waals surface area contributed by atoms with E-state index in [-0.39, 0.29) is 5.56 Å². The summed E-state index contributed by atoms with van der Waals surface area (Å²) in [5, 5.41) is 0. The summed E-state index contributed by atoms with van der Waals surface area (Å²) in [6, 6.07) is 8.60. The minimum absolute atomic E-state index is 0.229. The zero-order valence-corrected chi connectivity index (χ0v) is 13.1. The lowest BCUT2D eigenvalue weighted by Gasteiger charge is -2.24. The first-order chi connectivity index (χ1) is 11.5. The van der Waals surface area contributed by atoms with Crippen LogP contribution < -0.4 is 0 Å². The van der Waals surface area contributed by atoms with Crippen molar-refractivity contribution in [2.75, 3.05) is 0 Å². The first-order valence-corrected chi connectivity index (χ1v) is 7.39. The summed E-state index contributed by atoms with van der Waals surface area (Å²) in [4.78, 5) is 29.9. The number of hydrogen-bond donors (Lipinski definition) is 0. The highest BCUT2D eigenvalue weighted by atomic mass is 19.1. The molecular weight excluding hydrogens is 307 g/mol. The van der Waals surface area contributed by atoms with Crippen molar-refractivity contribution in [2.45, 2.75) is 13.0 Å². The Morgan fingerprint density at radius 3 is 2.25 bits per heavy atom. The Balaban J connectivity index is 2.06. The monoisotopic (exact) mass is 322 g/mol. The molecule has 0 saturated heterocycles. The molecule has 0 fully saturated rings. The third-order valence-electron chi connectivity index (χ3n) is 4.20. The van der Waals surface area contributed by atoms with Gasteiger partial charge in [-0.1, -0.05) is 24.8 Å². The van der Waals surface area contributed by atoms with Gasteiger partial charge in [-0.3, -0.25) is 19.5 Å². The number of hydrogen-bond acceptors (Lipinski definition) is 3. The third-order valence-corrected chi connectivity index (χ3v) is 4.20. The molecule has 120 valence electrons. The molecule has 3 rings (SSSR count). The molecule has 0 saturated carbocycles. The highest BCUT2D eigenvalue weighted by Crippen LogP contribution is 2.34. The standard InChI is InChI=1S/C19H15FN2O2/c1-4-12-9-15(16(20)10-17(12)21-3)11(2)22-18(23)13-7-5-6-8-14(13)19(22)24/h4-11H,1,3H2,2H3. The van der Waals surface area contributed by atoms with Crippen molar-refractivity contribution < 1.29 is 14.0 Å². The fourth-order valence-corrected chi connectivity index (χ4v) is 2.92. The van der Waals surface area contributed by atoms with Crippen molar-refractivity contribution in [3.8, 4) is 0 Å². The van der Waals surface area contributed by atoms with E-state index in [1.807, 2.05) is 0 Å². The minimum Gasteiger partial charge on any atom is -0.269 e. The van der Waals surface area contributed by atoms with E-state index in [4.69, 9.17) is 0 Å². The number of nitrogens with zero attached hydrogens (tertiary/aromatic N) is 2. The predicted octanol–water partition coefficient (Wildman–Crippen LogP) is 4.16. The van der Waals surface area contributed by atoms with Crippen LogP contribution in [0.1, 0.15) is 44.8 Å². The summed E-state index contributed by atoms with van der Waals surface area (Å²) in [6.07, 6.45) is 1.53. The highest BCUT2D eigenvalue weighted by Gasteiger charge is 2.39. The summed E-state index contributed by atoms with van der Waals surface area (Å²) < 4.78 is 14.5. The molecule has 0 aromatic heterocycles. The molecule has 2 amide bonds. The number of rotatable bonds is 4. The smallest absolute Gasteiger partial charge is 0.262 e. The van der Waals surface area contributed by atoms with Crippen LogP contribution in [0.3, 0.4) is 0 Å². The van der Waals surface area contributed by atoms with Gasteiger partial charge in [0.2, 0.25) is 0 Å². The Morgan fingerprint density at radius 1 is 1.17 bits per heavy atom. The van der Waals surface area contributed by atoms with Crippen LogP contribution in [0.2, 0.25) is 0 Å². The van der Waals surface area contributed by atoms with E-state index >= 15 is 0 Å². The topological polar surface area (TPSA) is 49.7 Å².